The smallest absolute Gasteiger partial charge is 0.0735 e. The number of fused-ring (bicyclic) bond motifs is 2. The molecule has 4 aromatic carbocycles. The number of rotatable bonds is 2. The largest absolute Gasteiger partial charge is 0.309 e. The molecule has 0 bridgehead atoms. The Kier molecular flexibility index (Phi) is 3.50. The third-order valence-electron chi connectivity index (χ3n) is 5.62. The second-order valence-electron chi connectivity index (χ2n) is 7.30. The standard InChI is InChI=1S/C27H18N2/c1-3-9-19(10-4-1)20-17-23-22-13-7-8-14-25(22)29(21-11-5-2-6-12-21)26-15-16-28-24(18-20)27(23)26/h1-18H. The molecule has 136 valence electrons. The summed E-state index contributed by atoms with van der Waals surface area (Å²) in [6.07, 6.45) is 1.92. The summed E-state index contributed by atoms with van der Waals surface area (Å²) in [5.74, 6) is 0. The third kappa shape index (κ3) is 2.46. The van der Waals surface area contributed by atoms with Crippen LogP contribution in [0.1, 0.15) is 0 Å². The van der Waals surface area contributed by atoms with Gasteiger partial charge in [-0.15, -0.1) is 0 Å². The Morgan fingerprint density at radius 3 is 2.10 bits per heavy atom. The van der Waals surface area contributed by atoms with Crippen molar-refractivity contribution in [1.29, 1.82) is 0 Å². The molecule has 2 heteroatoms. The maximum atomic E-state index is 4.75. The lowest BCUT2D eigenvalue weighted by Crippen LogP contribution is -2.15. The molecule has 0 N–H and O–H groups in total. The summed E-state index contributed by atoms with van der Waals surface area (Å²) in [6, 6.07) is 36.4. The molecule has 2 heterocycles. The quantitative estimate of drug-likeness (QED) is 0.317. The van der Waals surface area contributed by atoms with E-state index in [4.69, 9.17) is 4.98 Å². The van der Waals surface area contributed by atoms with Gasteiger partial charge in [0.15, 0.2) is 0 Å². The second kappa shape index (κ2) is 6.32. The Bertz CT molecular complexity index is 1340. The van der Waals surface area contributed by atoms with E-state index in [2.05, 4.69) is 108 Å². The molecule has 6 rings (SSSR count). The van der Waals surface area contributed by atoms with Crippen LogP contribution < -0.4 is 4.90 Å². The Labute approximate surface area is 169 Å². The number of pyridine rings is 1. The highest BCUT2D eigenvalue weighted by Crippen LogP contribution is 2.51. The SMILES string of the molecule is c1ccc(-c2cc3c4c(ccnc4c2)N(c2ccccc2)c2ccccc2-3)cc1. The Morgan fingerprint density at radius 2 is 1.28 bits per heavy atom. The van der Waals surface area contributed by atoms with E-state index in [-0.39, 0.29) is 0 Å². The van der Waals surface area contributed by atoms with Crippen molar-refractivity contribution >= 4 is 28.0 Å². The van der Waals surface area contributed by atoms with Crippen LogP contribution >= 0.6 is 0 Å². The third-order valence-corrected chi connectivity index (χ3v) is 5.62. The van der Waals surface area contributed by atoms with E-state index in [1.165, 1.54) is 39.0 Å². The summed E-state index contributed by atoms with van der Waals surface area (Å²) in [7, 11) is 0. The zero-order chi connectivity index (χ0) is 19.2. The maximum Gasteiger partial charge on any atom is 0.0735 e. The van der Waals surface area contributed by atoms with E-state index >= 15 is 0 Å². The number of hydrogen-bond donors (Lipinski definition) is 0. The number of aromatic nitrogens is 1. The predicted octanol–water partition coefficient (Wildman–Crippen LogP) is 7.35. The lowest BCUT2D eigenvalue weighted by molar-refractivity contribution is 1.26. The van der Waals surface area contributed by atoms with Gasteiger partial charge in [0.05, 0.1) is 16.9 Å². The summed E-state index contributed by atoms with van der Waals surface area (Å²) >= 11 is 0. The van der Waals surface area contributed by atoms with Crippen LogP contribution in [0.5, 0.6) is 0 Å². The highest BCUT2D eigenvalue weighted by atomic mass is 15.2. The van der Waals surface area contributed by atoms with Gasteiger partial charge in [-0.25, -0.2) is 0 Å². The first kappa shape index (κ1) is 16.1. The van der Waals surface area contributed by atoms with Gasteiger partial charge in [-0.3, -0.25) is 4.98 Å². The monoisotopic (exact) mass is 370 g/mol. The number of nitrogens with zero attached hydrogens (tertiary/aromatic N) is 2. The van der Waals surface area contributed by atoms with Crippen molar-refractivity contribution in [2.45, 2.75) is 0 Å². The Morgan fingerprint density at radius 1 is 0.552 bits per heavy atom. The van der Waals surface area contributed by atoms with Crippen LogP contribution in [0, 0.1) is 0 Å². The molecule has 0 spiro atoms. The minimum Gasteiger partial charge on any atom is -0.309 e. The molecular formula is C27H18N2. The molecule has 0 atom stereocenters. The normalized spacial score (nSPS) is 12.1. The van der Waals surface area contributed by atoms with E-state index in [9.17, 15) is 0 Å². The van der Waals surface area contributed by atoms with Gasteiger partial charge in [0.25, 0.3) is 0 Å². The lowest BCUT2D eigenvalue weighted by Gasteiger charge is -2.33. The van der Waals surface area contributed by atoms with E-state index in [0.29, 0.717) is 0 Å². The molecule has 5 aromatic rings. The van der Waals surface area contributed by atoms with Crippen LogP contribution in [0.4, 0.5) is 17.1 Å². The van der Waals surface area contributed by atoms with E-state index in [1.54, 1.807) is 0 Å². The van der Waals surface area contributed by atoms with Gasteiger partial charge < -0.3 is 4.90 Å². The van der Waals surface area contributed by atoms with Gasteiger partial charge in [0, 0.05) is 22.8 Å². The minimum atomic E-state index is 1.02. The molecule has 0 saturated heterocycles. The van der Waals surface area contributed by atoms with Gasteiger partial charge in [0.2, 0.25) is 0 Å². The molecule has 0 aliphatic carbocycles. The van der Waals surface area contributed by atoms with Crippen molar-refractivity contribution in [3.8, 4) is 22.3 Å². The van der Waals surface area contributed by atoms with Gasteiger partial charge >= 0.3 is 0 Å². The Balaban J connectivity index is 1.71. The van der Waals surface area contributed by atoms with Crippen LogP contribution in [0.15, 0.2) is 109 Å². The van der Waals surface area contributed by atoms with E-state index < -0.39 is 0 Å². The van der Waals surface area contributed by atoms with Crippen molar-refractivity contribution in [2.75, 3.05) is 4.90 Å². The molecule has 2 nitrogen and oxygen atoms in total. The van der Waals surface area contributed by atoms with Gasteiger partial charge in [-0.2, -0.15) is 0 Å². The minimum absolute atomic E-state index is 1.02. The van der Waals surface area contributed by atoms with E-state index in [0.717, 1.165) is 11.2 Å². The number of para-hydroxylation sites is 2. The average Bonchev–Trinajstić information content (AvgIpc) is 2.80. The van der Waals surface area contributed by atoms with Crippen LogP contribution in [-0.2, 0) is 0 Å². The first-order valence-corrected chi connectivity index (χ1v) is 9.83. The Hall–Kier alpha value is -3.91. The van der Waals surface area contributed by atoms with Crippen molar-refractivity contribution in [3.05, 3.63) is 109 Å². The molecule has 29 heavy (non-hydrogen) atoms. The first-order valence-electron chi connectivity index (χ1n) is 9.83. The van der Waals surface area contributed by atoms with Crippen LogP contribution in [0.2, 0.25) is 0 Å². The summed E-state index contributed by atoms with van der Waals surface area (Å²) < 4.78 is 0. The van der Waals surface area contributed by atoms with Gasteiger partial charge in [0.1, 0.15) is 0 Å². The maximum absolute atomic E-state index is 4.75. The fraction of sp³-hybridized carbons (Fsp3) is 0. The fourth-order valence-electron chi connectivity index (χ4n) is 4.35. The lowest BCUT2D eigenvalue weighted by atomic mass is 9.89. The molecule has 1 aliphatic rings. The highest BCUT2D eigenvalue weighted by Gasteiger charge is 2.26. The van der Waals surface area contributed by atoms with Crippen molar-refractivity contribution in [3.63, 3.8) is 0 Å². The molecule has 0 radical (unpaired) electrons. The van der Waals surface area contributed by atoms with Crippen molar-refractivity contribution < 1.29 is 0 Å². The van der Waals surface area contributed by atoms with Crippen LogP contribution in [-0.4, -0.2) is 4.98 Å². The number of benzene rings is 4. The summed E-state index contributed by atoms with van der Waals surface area (Å²) in [4.78, 5) is 7.09. The molecule has 0 unspecified atom stereocenters. The molecule has 0 amide bonds. The van der Waals surface area contributed by atoms with Crippen molar-refractivity contribution in [1.82, 2.24) is 4.98 Å². The second-order valence-corrected chi connectivity index (χ2v) is 7.30. The van der Waals surface area contributed by atoms with Crippen LogP contribution in [0.3, 0.4) is 0 Å². The summed E-state index contributed by atoms with van der Waals surface area (Å²) in [5.41, 5.74) is 9.44. The predicted molar refractivity (Wildman–Crippen MR) is 121 cm³/mol. The van der Waals surface area contributed by atoms with Crippen LogP contribution in [0.25, 0.3) is 33.2 Å². The topological polar surface area (TPSA) is 16.1 Å². The summed E-state index contributed by atoms with van der Waals surface area (Å²) in [5, 5.41) is 1.20. The highest BCUT2D eigenvalue weighted by molar-refractivity contribution is 6.13. The zero-order valence-electron chi connectivity index (χ0n) is 15.8. The number of hydrogen-bond acceptors (Lipinski definition) is 2. The average molecular weight is 370 g/mol. The molecule has 1 aliphatic heterocycles. The van der Waals surface area contributed by atoms with E-state index in [1.807, 2.05) is 6.20 Å². The fourth-order valence-corrected chi connectivity index (χ4v) is 4.35. The number of anilines is 3. The molecular weight excluding hydrogens is 352 g/mol. The van der Waals surface area contributed by atoms with Crippen molar-refractivity contribution in [2.24, 2.45) is 0 Å². The molecule has 0 fully saturated rings. The summed E-state index contributed by atoms with van der Waals surface area (Å²) in [6.45, 7) is 0. The first-order chi connectivity index (χ1) is 14.4. The molecule has 0 saturated carbocycles. The molecule has 1 aromatic heterocycles. The van der Waals surface area contributed by atoms with Gasteiger partial charge in [-0.05, 0) is 53.1 Å². The van der Waals surface area contributed by atoms with Gasteiger partial charge in [-0.1, -0.05) is 66.7 Å². The zero-order valence-corrected chi connectivity index (χ0v) is 15.8.